The van der Waals surface area contributed by atoms with Gasteiger partial charge in [0, 0.05) is 30.6 Å². The van der Waals surface area contributed by atoms with Crippen LogP contribution in [0.1, 0.15) is 16.7 Å². The first-order valence-electron chi connectivity index (χ1n) is 6.05. The zero-order valence-corrected chi connectivity index (χ0v) is 10.8. The molecule has 1 heterocycles. The summed E-state index contributed by atoms with van der Waals surface area (Å²) in [7, 11) is 0. The van der Waals surface area contributed by atoms with Gasteiger partial charge in [-0.05, 0) is 36.6 Å². The van der Waals surface area contributed by atoms with Crippen molar-refractivity contribution in [1.82, 2.24) is 4.98 Å². The fourth-order valence-electron chi connectivity index (χ4n) is 1.83. The van der Waals surface area contributed by atoms with Crippen molar-refractivity contribution < 1.29 is 4.74 Å². The van der Waals surface area contributed by atoms with Crippen molar-refractivity contribution in [3.63, 3.8) is 0 Å². The molecule has 1 aromatic heterocycles. The number of aryl methyl sites for hydroxylation is 2. The molecule has 0 fully saturated rings. The number of hydrogen-bond acceptors (Lipinski definition) is 3. The summed E-state index contributed by atoms with van der Waals surface area (Å²) in [4.78, 5) is 4.08. The molecule has 2 aromatic rings. The van der Waals surface area contributed by atoms with E-state index in [1.54, 1.807) is 6.20 Å². The molecule has 94 valence electrons. The summed E-state index contributed by atoms with van der Waals surface area (Å²) in [6.45, 7) is 4.67. The van der Waals surface area contributed by atoms with Gasteiger partial charge in [0.2, 0.25) is 0 Å². The topological polar surface area (TPSA) is 48.1 Å². The van der Waals surface area contributed by atoms with E-state index in [4.69, 9.17) is 10.5 Å². The number of ether oxygens (including phenoxy) is 1. The van der Waals surface area contributed by atoms with Crippen LogP contribution in [0.2, 0.25) is 0 Å². The highest BCUT2D eigenvalue weighted by atomic mass is 16.5. The maximum atomic E-state index is 5.88. The van der Waals surface area contributed by atoms with Crippen LogP contribution in [0.5, 0.6) is 5.75 Å². The van der Waals surface area contributed by atoms with Gasteiger partial charge >= 0.3 is 0 Å². The molecule has 0 amide bonds. The number of benzene rings is 1. The lowest BCUT2D eigenvalue weighted by molar-refractivity contribution is 0.320. The molecule has 0 radical (unpaired) electrons. The predicted octanol–water partition coefficient (Wildman–Crippen LogP) is 2.90. The minimum Gasteiger partial charge on any atom is -0.493 e. The Labute approximate surface area is 108 Å². The van der Waals surface area contributed by atoms with Gasteiger partial charge in [-0.2, -0.15) is 0 Å². The minimum absolute atomic E-state index is 0.634. The molecule has 2 rings (SSSR count). The second-order valence-electron chi connectivity index (χ2n) is 4.43. The first kappa shape index (κ1) is 12.4. The number of nitrogens with two attached hydrogens (primary N) is 1. The van der Waals surface area contributed by atoms with Crippen LogP contribution in [-0.4, -0.2) is 11.6 Å². The molecule has 0 aliphatic heterocycles. The molecule has 2 N–H and O–H groups in total. The summed E-state index contributed by atoms with van der Waals surface area (Å²) < 4.78 is 5.77. The summed E-state index contributed by atoms with van der Waals surface area (Å²) in [6.07, 6.45) is 4.48. The van der Waals surface area contributed by atoms with E-state index in [0.717, 1.165) is 29.0 Å². The van der Waals surface area contributed by atoms with E-state index in [9.17, 15) is 0 Å². The van der Waals surface area contributed by atoms with Crippen molar-refractivity contribution >= 4 is 5.69 Å². The molecule has 0 spiro atoms. The van der Waals surface area contributed by atoms with Gasteiger partial charge in [-0.25, -0.2) is 0 Å². The Morgan fingerprint density at radius 1 is 1.22 bits per heavy atom. The second-order valence-corrected chi connectivity index (χ2v) is 4.43. The minimum atomic E-state index is 0.634. The Hall–Kier alpha value is -2.03. The fourth-order valence-corrected chi connectivity index (χ4v) is 1.83. The van der Waals surface area contributed by atoms with Gasteiger partial charge in [0.15, 0.2) is 0 Å². The smallest absolute Gasteiger partial charge is 0.124 e. The molecule has 3 nitrogen and oxygen atoms in total. The van der Waals surface area contributed by atoms with E-state index in [2.05, 4.69) is 11.1 Å². The molecular weight excluding hydrogens is 224 g/mol. The lowest BCUT2D eigenvalue weighted by Crippen LogP contribution is -2.03. The van der Waals surface area contributed by atoms with Crippen LogP contribution >= 0.6 is 0 Å². The normalized spacial score (nSPS) is 10.3. The molecule has 0 bridgehead atoms. The van der Waals surface area contributed by atoms with Gasteiger partial charge in [-0.1, -0.05) is 12.1 Å². The van der Waals surface area contributed by atoms with E-state index >= 15 is 0 Å². The van der Waals surface area contributed by atoms with E-state index in [-0.39, 0.29) is 0 Å². The maximum absolute atomic E-state index is 5.88. The molecule has 0 saturated heterocycles. The molecule has 3 heteroatoms. The highest BCUT2D eigenvalue weighted by Gasteiger charge is 2.03. The van der Waals surface area contributed by atoms with Crippen LogP contribution < -0.4 is 10.5 Å². The lowest BCUT2D eigenvalue weighted by Gasteiger charge is -2.11. The largest absolute Gasteiger partial charge is 0.493 e. The highest BCUT2D eigenvalue weighted by molar-refractivity contribution is 5.54. The number of nitrogens with zero attached hydrogens (tertiary/aromatic N) is 1. The second kappa shape index (κ2) is 5.54. The molecule has 0 aliphatic carbocycles. The highest BCUT2D eigenvalue weighted by Crippen LogP contribution is 2.24. The third kappa shape index (κ3) is 3.00. The molecule has 0 aliphatic rings. The van der Waals surface area contributed by atoms with Crippen LogP contribution in [0.3, 0.4) is 0 Å². The standard InChI is InChI=1S/C15H18N2O/c1-11-8-12(2)15(9-14(11)16)18-7-5-13-4-3-6-17-10-13/h3-4,6,8-10H,5,7,16H2,1-2H3. The monoisotopic (exact) mass is 242 g/mol. The third-order valence-corrected chi connectivity index (χ3v) is 2.93. The quantitative estimate of drug-likeness (QED) is 0.839. The first-order chi connectivity index (χ1) is 8.66. The van der Waals surface area contributed by atoms with Gasteiger partial charge in [-0.3, -0.25) is 4.98 Å². The Morgan fingerprint density at radius 2 is 2.06 bits per heavy atom. The summed E-state index contributed by atoms with van der Waals surface area (Å²) >= 11 is 0. The van der Waals surface area contributed by atoms with Crippen LogP contribution in [0.4, 0.5) is 5.69 Å². The molecule has 1 aromatic carbocycles. The zero-order valence-electron chi connectivity index (χ0n) is 10.8. The zero-order chi connectivity index (χ0) is 13.0. The van der Waals surface area contributed by atoms with Crippen LogP contribution in [0.25, 0.3) is 0 Å². The lowest BCUT2D eigenvalue weighted by atomic mass is 10.1. The number of hydrogen-bond donors (Lipinski definition) is 1. The third-order valence-electron chi connectivity index (χ3n) is 2.93. The van der Waals surface area contributed by atoms with E-state index in [1.807, 2.05) is 38.2 Å². The van der Waals surface area contributed by atoms with Crippen LogP contribution in [-0.2, 0) is 6.42 Å². The van der Waals surface area contributed by atoms with Crippen LogP contribution in [0.15, 0.2) is 36.7 Å². The predicted molar refractivity (Wildman–Crippen MR) is 73.8 cm³/mol. The van der Waals surface area contributed by atoms with Gasteiger partial charge in [0.25, 0.3) is 0 Å². The summed E-state index contributed by atoms with van der Waals surface area (Å²) in [6, 6.07) is 7.93. The summed E-state index contributed by atoms with van der Waals surface area (Å²) in [5.41, 5.74) is 10.0. The molecule has 0 atom stereocenters. The number of nitrogen functional groups attached to an aromatic ring is 1. The Morgan fingerprint density at radius 3 is 2.78 bits per heavy atom. The SMILES string of the molecule is Cc1cc(C)c(OCCc2cccnc2)cc1N. The fraction of sp³-hybridized carbons (Fsp3) is 0.267. The van der Waals surface area contributed by atoms with Crippen molar-refractivity contribution in [3.05, 3.63) is 53.3 Å². The molecular formula is C15H18N2O. The van der Waals surface area contributed by atoms with E-state index < -0.39 is 0 Å². The number of aromatic nitrogens is 1. The van der Waals surface area contributed by atoms with Crippen molar-refractivity contribution in [1.29, 1.82) is 0 Å². The van der Waals surface area contributed by atoms with E-state index in [1.165, 1.54) is 5.56 Å². The molecule has 0 saturated carbocycles. The first-order valence-corrected chi connectivity index (χ1v) is 6.05. The maximum Gasteiger partial charge on any atom is 0.124 e. The van der Waals surface area contributed by atoms with Crippen molar-refractivity contribution in [2.45, 2.75) is 20.3 Å². The van der Waals surface area contributed by atoms with Crippen molar-refractivity contribution in [2.75, 3.05) is 12.3 Å². The average Bonchev–Trinajstić information content (AvgIpc) is 2.37. The Balaban J connectivity index is 1.97. The number of rotatable bonds is 4. The van der Waals surface area contributed by atoms with Gasteiger partial charge in [0.1, 0.15) is 5.75 Å². The van der Waals surface area contributed by atoms with Gasteiger partial charge in [0.05, 0.1) is 6.61 Å². The molecule has 0 unspecified atom stereocenters. The Kier molecular flexibility index (Phi) is 3.82. The van der Waals surface area contributed by atoms with Crippen molar-refractivity contribution in [2.24, 2.45) is 0 Å². The van der Waals surface area contributed by atoms with Gasteiger partial charge in [-0.15, -0.1) is 0 Å². The van der Waals surface area contributed by atoms with E-state index in [0.29, 0.717) is 6.61 Å². The van der Waals surface area contributed by atoms with Gasteiger partial charge < -0.3 is 10.5 Å². The summed E-state index contributed by atoms with van der Waals surface area (Å²) in [5.74, 6) is 0.863. The summed E-state index contributed by atoms with van der Waals surface area (Å²) in [5, 5.41) is 0. The van der Waals surface area contributed by atoms with Crippen molar-refractivity contribution in [3.8, 4) is 5.75 Å². The molecule has 18 heavy (non-hydrogen) atoms. The average molecular weight is 242 g/mol. The number of pyridine rings is 1. The number of anilines is 1. The van der Waals surface area contributed by atoms with Crippen LogP contribution in [0, 0.1) is 13.8 Å². The Bertz CT molecular complexity index is 524.